The number of carbonyl (C=O) groups is 3. The summed E-state index contributed by atoms with van der Waals surface area (Å²) in [6, 6.07) is 13.6. The van der Waals surface area contributed by atoms with Crippen LogP contribution in [-0.2, 0) is 25.6 Å². The van der Waals surface area contributed by atoms with Gasteiger partial charge < -0.3 is 18.6 Å². The van der Waals surface area contributed by atoms with Crippen LogP contribution in [0.15, 0.2) is 57.7 Å². The molecule has 0 aliphatic heterocycles. The molecular formula is C36H45N3O8. The van der Waals surface area contributed by atoms with Crippen molar-refractivity contribution in [2.75, 3.05) is 6.61 Å². The van der Waals surface area contributed by atoms with Crippen molar-refractivity contribution in [1.29, 1.82) is 0 Å². The predicted octanol–water partition coefficient (Wildman–Crippen LogP) is 6.83. The van der Waals surface area contributed by atoms with Gasteiger partial charge in [0, 0.05) is 24.4 Å². The first-order chi connectivity index (χ1) is 22.1. The van der Waals surface area contributed by atoms with Crippen LogP contribution in [0.5, 0.6) is 5.75 Å². The molecule has 0 aliphatic carbocycles. The molecule has 0 spiro atoms. The number of rotatable bonds is 14. The van der Waals surface area contributed by atoms with Gasteiger partial charge >= 0.3 is 11.9 Å². The van der Waals surface area contributed by atoms with Crippen LogP contribution in [0.1, 0.15) is 97.5 Å². The summed E-state index contributed by atoms with van der Waals surface area (Å²) in [6.07, 6.45) is 3.33. The van der Waals surface area contributed by atoms with E-state index in [2.05, 4.69) is 17.2 Å². The Morgan fingerprint density at radius 3 is 2.21 bits per heavy atom. The Hall–Kier alpha value is -4.54. The fourth-order valence-electron chi connectivity index (χ4n) is 5.06. The second-order valence-corrected chi connectivity index (χ2v) is 13.8. The molecule has 0 bridgehead atoms. The summed E-state index contributed by atoms with van der Waals surface area (Å²) in [5, 5.41) is 9.11. The lowest BCUT2D eigenvalue weighted by Gasteiger charge is -2.34. The van der Waals surface area contributed by atoms with Gasteiger partial charge in [0.15, 0.2) is 17.0 Å². The van der Waals surface area contributed by atoms with Gasteiger partial charge in [0.2, 0.25) is 0 Å². The molecule has 4 rings (SSSR count). The van der Waals surface area contributed by atoms with Crippen molar-refractivity contribution in [3.8, 4) is 5.75 Å². The third-order valence-electron chi connectivity index (χ3n) is 7.45. The predicted molar refractivity (Wildman–Crippen MR) is 177 cm³/mol. The number of benzene rings is 2. The standard InChI is InChI=1S/C36H45N3O8/c1-8-9-10-13-20-44-25-17-16-24-21-30(45-29(24)22-25)28(40)23-36(32(42)46-34(2,3)4,33(43)47-35(5,6)7)18-19-39-31(41)26-14-11-12-15-27(26)37-38-39/h11-12,14-17,21-22H,8-10,13,18-20,23H2,1-7H3. The van der Waals surface area contributed by atoms with Crippen molar-refractivity contribution in [3.05, 3.63) is 64.6 Å². The van der Waals surface area contributed by atoms with Gasteiger partial charge in [-0.2, -0.15) is 0 Å². The van der Waals surface area contributed by atoms with Gasteiger partial charge in [-0.05, 0) is 84.7 Å². The van der Waals surface area contributed by atoms with Crippen LogP contribution >= 0.6 is 0 Å². The second kappa shape index (κ2) is 14.5. The Morgan fingerprint density at radius 1 is 0.872 bits per heavy atom. The van der Waals surface area contributed by atoms with Gasteiger partial charge in [-0.1, -0.05) is 43.5 Å². The SMILES string of the molecule is CCCCCCOc1ccc2cc(C(=O)CC(CCn3nnc4ccccc4c3=O)(C(=O)OC(C)(C)C)C(=O)OC(C)(C)C)oc2c1. The molecular weight excluding hydrogens is 602 g/mol. The van der Waals surface area contributed by atoms with E-state index < -0.39 is 46.3 Å². The number of aryl methyl sites for hydroxylation is 1. The topological polar surface area (TPSA) is 140 Å². The molecule has 0 amide bonds. The average molecular weight is 648 g/mol. The number of aromatic nitrogens is 3. The number of fused-ring (bicyclic) bond motifs is 2. The molecule has 252 valence electrons. The molecule has 11 heteroatoms. The van der Waals surface area contributed by atoms with E-state index in [0.29, 0.717) is 34.2 Å². The molecule has 4 aromatic rings. The minimum Gasteiger partial charge on any atom is -0.493 e. The van der Waals surface area contributed by atoms with Crippen molar-refractivity contribution in [3.63, 3.8) is 0 Å². The zero-order valence-electron chi connectivity index (χ0n) is 28.4. The Labute approximate surface area is 274 Å². The van der Waals surface area contributed by atoms with Crippen molar-refractivity contribution in [2.24, 2.45) is 5.41 Å². The zero-order valence-corrected chi connectivity index (χ0v) is 28.4. The maximum atomic E-state index is 14.0. The monoisotopic (exact) mass is 647 g/mol. The lowest BCUT2D eigenvalue weighted by Crippen LogP contribution is -2.49. The van der Waals surface area contributed by atoms with Gasteiger partial charge in [0.25, 0.3) is 5.56 Å². The molecule has 0 saturated carbocycles. The number of hydrogen-bond donors (Lipinski definition) is 0. The van der Waals surface area contributed by atoms with E-state index in [0.717, 1.165) is 30.4 Å². The smallest absolute Gasteiger partial charge is 0.324 e. The second-order valence-electron chi connectivity index (χ2n) is 13.8. The van der Waals surface area contributed by atoms with Crippen molar-refractivity contribution in [1.82, 2.24) is 15.0 Å². The number of hydrogen-bond acceptors (Lipinski definition) is 10. The lowest BCUT2D eigenvalue weighted by atomic mass is 9.78. The third kappa shape index (κ3) is 9.05. The van der Waals surface area contributed by atoms with Gasteiger partial charge in [-0.15, -0.1) is 5.10 Å². The molecule has 2 heterocycles. The fraction of sp³-hybridized carbons (Fsp3) is 0.500. The summed E-state index contributed by atoms with van der Waals surface area (Å²) in [7, 11) is 0. The van der Waals surface area contributed by atoms with Crippen molar-refractivity contribution < 1.29 is 33.0 Å². The largest absolute Gasteiger partial charge is 0.493 e. The van der Waals surface area contributed by atoms with Crippen LogP contribution < -0.4 is 10.3 Å². The zero-order chi connectivity index (χ0) is 34.4. The van der Waals surface area contributed by atoms with E-state index in [-0.39, 0.29) is 18.7 Å². The number of furan rings is 1. The number of unbranched alkanes of at least 4 members (excludes halogenated alkanes) is 3. The van der Waals surface area contributed by atoms with E-state index in [9.17, 15) is 19.2 Å². The molecule has 0 N–H and O–H groups in total. The molecule has 2 aromatic carbocycles. The summed E-state index contributed by atoms with van der Waals surface area (Å²) in [5.41, 5.74) is -3.76. The van der Waals surface area contributed by atoms with E-state index in [1.807, 2.05) is 0 Å². The number of carbonyl (C=O) groups excluding carboxylic acids is 3. The van der Waals surface area contributed by atoms with Crippen molar-refractivity contribution >= 4 is 39.6 Å². The van der Waals surface area contributed by atoms with Crippen LogP contribution in [-0.4, -0.2) is 50.5 Å². The summed E-state index contributed by atoms with van der Waals surface area (Å²) >= 11 is 0. The summed E-state index contributed by atoms with van der Waals surface area (Å²) in [6.45, 7) is 12.5. The van der Waals surface area contributed by atoms with Crippen LogP contribution in [0.2, 0.25) is 0 Å². The first-order valence-corrected chi connectivity index (χ1v) is 16.1. The third-order valence-corrected chi connectivity index (χ3v) is 7.45. The van der Waals surface area contributed by atoms with Crippen molar-refractivity contribution in [2.45, 2.75) is 105 Å². The molecule has 11 nitrogen and oxygen atoms in total. The highest BCUT2D eigenvalue weighted by Gasteiger charge is 2.53. The number of Topliss-reactive ketones (excluding diaryl/α,β-unsaturated/α-hetero) is 1. The van der Waals surface area contributed by atoms with Crippen LogP contribution in [0.3, 0.4) is 0 Å². The van der Waals surface area contributed by atoms with Gasteiger partial charge in [0.1, 0.15) is 28.1 Å². The Morgan fingerprint density at radius 2 is 1.55 bits per heavy atom. The molecule has 47 heavy (non-hydrogen) atoms. The van der Waals surface area contributed by atoms with E-state index in [4.69, 9.17) is 18.6 Å². The maximum absolute atomic E-state index is 14.0. The maximum Gasteiger partial charge on any atom is 0.324 e. The quantitative estimate of drug-likeness (QED) is 0.0619. The molecule has 0 radical (unpaired) electrons. The summed E-state index contributed by atoms with van der Waals surface area (Å²) in [5.74, 6) is -1.95. The summed E-state index contributed by atoms with van der Waals surface area (Å²) in [4.78, 5) is 55.3. The number of ether oxygens (including phenoxy) is 3. The Balaban J connectivity index is 1.69. The minimum atomic E-state index is -2.14. The van der Waals surface area contributed by atoms with Crippen LogP contribution in [0, 0.1) is 5.41 Å². The lowest BCUT2D eigenvalue weighted by molar-refractivity contribution is -0.186. The highest BCUT2D eigenvalue weighted by atomic mass is 16.6. The minimum absolute atomic E-state index is 0.0424. The Bertz CT molecular complexity index is 1760. The molecule has 0 unspecified atom stereocenters. The number of esters is 2. The molecule has 0 fully saturated rings. The fourth-order valence-corrected chi connectivity index (χ4v) is 5.06. The number of ketones is 1. The first-order valence-electron chi connectivity index (χ1n) is 16.1. The number of nitrogens with zero attached hydrogens (tertiary/aromatic N) is 3. The molecule has 2 aromatic heterocycles. The normalized spacial score (nSPS) is 12.3. The van der Waals surface area contributed by atoms with E-state index in [1.54, 1.807) is 90.1 Å². The average Bonchev–Trinajstić information content (AvgIpc) is 3.42. The van der Waals surface area contributed by atoms with Gasteiger partial charge in [-0.3, -0.25) is 19.2 Å². The highest BCUT2D eigenvalue weighted by molar-refractivity contribution is 6.08. The molecule has 0 atom stereocenters. The highest BCUT2D eigenvalue weighted by Crippen LogP contribution is 2.37. The van der Waals surface area contributed by atoms with E-state index in [1.165, 1.54) is 0 Å². The summed E-state index contributed by atoms with van der Waals surface area (Å²) < 4.78 is 24.4. The Kier molecular flexibility index (Phi) is 10.9. The van der Waals surface area contributed by atoms with Crippen LogP contribution in [0.4, 0.5) is 0 Å². The van der Waals surface area contributed by atoms with Gasteiger partial charge in [0.05, 0.1) is 12.0 Å². The first kappa shape index (κ1) is 35.3. The van der Waals surface area contributed by atoms with Crippen LogP contribution in [0.25, 0.3) is 21.9 Å². The van der Waals surface area contributed by atoms with E-state index >= 15 is 0 Å². The van der Waals surface area contributed by atoms with Gasteiger partial charge in [-0.25, -0.2) is 4.68 Å². The molecule has 0 aliphatic rings. The molecule has 0 saturated heterocycles.